The van der Waals surface area contributed by atoms with Crippen LogP contribution < -0.4 is 0 Å². The SMILES string of the molecule is [C-]#[N+][C@@]12CC[C@H](C)[C@@H]1[C@@H]1[C@H](CC[C@H]2C)C1(C)C. The van der Waals surface area contributed by atoms with E-state index in [-0.39, 0.29) is 5.54 Å². The standard InChI is InChI=1S/C16H25N/c1-10-8-9-16(17-5)11(2)6-7-12-14(13(10)16)15(12,3)4/h10-14H,6-9H2,1-4H3/t10-,11+,12-,13+,14-,16+/m0/s1. The molecule has 0 aromatic heterocycles. The highest BCUT2D eigenvalue weighted by molar-refractivity contribution is 5.23. The van der Waals surface area contributed by atoms with Gasteiger partial charge in [-0.15, -0.1) is 0 Å². The summed E-state index contributed by atoms with van der Waals surface area (Å²) < 4.78 is 0. The minimum absolute atomic E-state index is 0.00655. The van der Waals surface area contributed by atoms with Gasteiger partial charge in [0.25, 0.3) is 0 Å². The molecule has 1 nitrogen and oxygen atoms in total. The molecule has 0 heterocycles. The van der Waals surface area contributed by atoms with Crippen molar-refractivity contribution in [2.45, 2.75) is 58.9 Å². The van der Waals surface area contributed by atoms with Crippen molar-refractivity contribution in [1.82, 2.24) is 0 Å². The van der Waals surface area contributed by atoms with Gasteiger partial charge >= 0.3 is 0 Å². The van der Waals surface area contributed by atoms with Gasteiger partial charge < -0.3 is 4.85 Å². The quantitative estimate of drug-likeness (QED) is 0.544. The molecule has 0 unspecified atom stereocenters. The third-order valence-electron chi connectivity index (χ3n) is 6.69. The highest BCUT2D eigenvalue weighted by Gasteiger charge is 2.72. The Bertz CT molecular complexity index is 377. The Morgan fingerprint density at radius 3 is 2.41 bits per heavy atom. The molecular formula is C16H25N. The largest absolute Gasteiger partial charge is 0.310 e. The van der Waals surface area contributed by atoms with Crippen molar-refractivity contribution in [2.24, 2.45) is 35.0 Å². The van der Waals surface area contributed by atoms with Gasteiger partial charge in [0.2, 0.25) is 5.54 Å². The van der Waals surface area contributed by atoms with E-state index in [1.165, 1.54) is 25.7 Å². The van der Waals surface area contributed by atoms with Crippen molar-refractivity contribution < 1.29 is 0 Å². The van der Waals surface area contributed by atoms with Gasteiger partial charge in [-0.05, 0) is 42.4 Å². The van der Waals surface area contributed by atoms with Crippen molar-refractivity contribution in [3.05, 3.63) is 11.4 Å². The van der Waals surface area contributed by atoms with E-state index < -0.39 is 0 Å². The molecule has 3 fully saturated rings. The molecule has 17 heavy (non-hydrogen) atoms. The van der Waals surface area contributed by atoms with Crippen LogP contribution in [0.1, 0.15) is 53.4 Å². The first-order chi connectivity index (χ1) is 7.95. The molecule has 3 aliphatic carbocycles. The van der Waals surface area contributed by atoms with Crippen molar-refractivity contribution in [2.75, 3.05) is 0 Å². The third-order valence-corrected chi connectivity index (χ3v) is 6.69. The predicted octanol–water partition coefficient (Wildman–Crippen LogP) is 4.39. The van der Waals surface area contributed by atoms with Gasteiger partial charge in [0.05, 0.1) is 0 Å². The summed E-state index contributed by atoms with van der Waals surface area (Å²) in [5.41, 5.74) is 0.534. The summed E-state index contributed by atoms with van der Waals surface area (Å²) in [5.74, 6) is 3.85. The molecule has 6 atom stereocenters. The number of rotatable bonds is 0. The fourth-order valence-corrected chi connectivity index (χ4v) is 5.51. The average Bonchev–Trinajstić information content (AvgIpc) is 2.69. The van der Waals surface area contributed by atoms with Crippen molar-refractivity contribution in [1.29, 1.82) is 0 Å². The van der Waals surface area contributed by atoms with Gasteiger partial charge in [-0.2, -0.15) is 0 Å². The second-order valence-electron chi connectivity index (χ2n) is 7.58. The summed E-state index contributed by atoms with van der Waals surface area (Å²) in [5, 5.41) is 0. The molecule has 0 N–H and O–H groups in total. The molecule has 3 rings (SSSR count). The lowest BCUT2D eigenvalue weighted by atomic mass is 9.71. The van der Waals surface area contributed by atoms with E-state index in [0.29, 0.717) is 17.3 Å². The van der Waals surface area contributed by atoms with Gasteiger partial charge in [0.1, 0.15) is 0 Å². The molecule has 3 saturated carbocycles. The molecule has 0 aliphatic heterocycles. The summed E-state index contributed by atoms with van der Waals surface area (Å²) in [6.45, 7) is 17.4. The Morgan fingerprint density at radius 1 is 1.06 bits per heavy atom. The summed E-state index contributed by atoms with van der Waals surface area (Å²) in [4.78, 5) is 4.23. The van der Waals surface area contributed by atoms with Crippen molar-refractivity contribution in [3.8, 4) is 0 Å². The topological polar surface area (TPSA) is 4.36 Å². The fraction of sp³-hybridized carbons (Fsp3) is 0.938. The normalized spacial score (nSPS) is 55.4. The monoisotopic (exact) mass is 231 g/mol. The molecule has 0 bridgehead atoms. The lowest BCUT2D eigenvalue weighted by Crippen LogP contribution is -2.39. The molecule has 1 heteroatoms. The maximum atomic E-state index is 7.80. The van der Waals surface area contributed by atoms with E-state index in [1.54, 1.807) is 0 Å². The molecule has 0 aromatic carbocycles. The summed E-state index contributed by atoms with van der Waals surface area (Å²) in [7, 11) is 0. The van der Waals surface area contributed by atoms with Crippen LogP contribution in [0.15, 0.2) is 0 Å². The van der Waals surface area contributed by atoms with E-state index in [1.807, 2.05) is 0 Å². The zero-order valence-electron chi connectivity index (χ0n) is 11.7. The Morgan fingerprint density at radius 2 is 1.76 bits per heavy atom. The van der Waals surface area contributed by atoms with E-state index in [9.17, 15) is 0 Å². The lowest BCUT2D eigenvalue weighted by Gasteiger charge is -2.31. The van der Waals surface area contributed by atoms with Crippen LogP contribution in [0.5, 0.6) is 0 Å². The highest BCUT2D eigenvalue weighted by Crippen LogP contribution is 2.72. The smallest absolute Gasteiger partial charge is 0.238 e. The second-order valence-corrected chi connectivity index (χ2v) is 7.58. The van der Waals surface area contributed by atoms with Crippen LogP contribution in [0.3, 0.4) is 0 Å². The Hall–Kier alpha value is -0.510. The van der Waals surface area contributed by atoms with Crippen LogP contribution in [0.25, 0.3) is 4.85 Å². The maximum Gasteiger partial charge on any atom is 0.238 e. The van der Waals surface area contributed by atoms with Crippen LogP contribution >= 0.6 is 0 Å². The molecule has 0 saturated heterocycles. The second kappa shape index (κ2) is 3.28. The van der Waals surface area contributed by atoms with Crippen molar-refractivity contribution in [3.63, 3.8) is 0 Å². The highest BCUT2D eigenvalue weighted by atomic mass is 14.9. The van der Waals surface area contributed by atoms with E-state index in [4.69, 9.17) is 6.57 Å². The Labute approximate surface area is 106 Å². The van der Waals surface area contributed by atoms with Crippen molar-refractivity contribution >= 4 is 0 Å². The molecular weight excluding hydrogens is 206 g/mol. The summed E-state index contributed by atoms with van der Waals surface area (Å²) in [6.07, 6.45) is 5.12. The van der Waals surface area contributed by atoms with Crippen LogP contribution in [0, 0.1) is 41.6 Å². The summed E-state index contributed by atoms with van der Waals surface area (Å²) >= 11 is 0. The zero-order valence-corrected chi connectivity index (χ0v) is 11.7. The number of hydrogen-bond acceptors (Lipinski definition) is 0. The molecule has 0 radical (unpaired) electrons. The predicted molar refractivity (Wildman–Crippen MR) is 70.4 cm³/mol. The molecule has 94 valence electrons. The minimum atomic E-state index is 0.00655. The van der Waals surface area contributed by atoms with Gasteiger partial charge in [0, 0.05) is 18.3 Å². The Kier molecular flexibility index (Phi) is 2.23. The number of nitrogens with zero attached hydrogens (tertiary/aromatic N) is 1. The molecule has 0 spiro atoms. The number of hydrogen-bond donors (Lipinski definition) is 0. The van der Waals surface area contributed by atoms with Gasteiger partial charge in [-0.3, -0.25) is 0 Å². The fourth-order valence-electron chi connectivity index (χ4n) is 5.51. The Balaban J connectivity index is 2.04. The van der Waals surface area contributed by atoms with Crippen LogP contribution in [0.4, 0.5) is 0 Å². The lowest BCUT2D eigenvalue weighted by molar-refractivity contribution is 0.196. The first-order valence-electron chi connectivity index (χ1n) is 7.33. The third kappa shape index (κ3) is 1.25. The molecule has 0 aromatic rings. The first kappa shape index (κ1) is 11.6. The van der Waals surface area contributed by atoms with Gasteiger partial charge in [0.15, 0.2) is 0 Å². The zero-order chi connectivity index (χ0) is 12.4. The maximum absolute atomic E-state index is 7.80. The van der Waals surface area contributed by atoms with Gasteiger partial charge in [-0.25, -0.2) is 6.57 Å². The minimum Gasteiger partial charge on any atom is -0.310 e. The van der Waals surface area contributed by atoms with E-state index >= 15 is 0 Å². The van der Waals surface area contributed by atoms with Crippen LogP contribution in [-0.2, 0) is 0 Å². The summed E-state index contributed by atoms with van der Waals surface area (Å²) in [6, 6.07) is 0. The van der Waals surface area contributed by atoms with E-state index in [2.05, 4.69) is 32.5 Å². The van der Waals surface area contributed by atoms with E-state index in [0.717, 1.165) is 17.8 Å². The molecule has 0 amide bonds. The first-order valence-corrected chi connectivity index (χ1v) is 7.33. The van der Waals surface area contributed by atoms with Gasteiger partial charge in [-0.1, -0.05) is 27.7 Å². The van der Waals surface area contributed by atoms with Crippen LogP contribution in [0.2, 0.25) is 0 Å². The molecule has 3 aliphatic rings. The number of fused-ring (bicyclic) bond motifs is 3. The average molecular weight is 231 g/mol. The van der Waals surface area contributed by atoms with Crippen LogP contribution in [-0.4, -0.2) is 5.54 Å².